The molecule has 0 bridgehead atoms. The number of hydrogen-bond donors (Lipinski definition) is 1. The first-order chi connectivity index (χ1) is 6.50. The second kappa shape index (κ2) is 4.55. The van der Waals surface area contributed by atoms with Crippen LogP contribution in [0.1, 0.15) is 6.92 Å². The van der Waals surface area contributed by atoms with Crippen LogP contribution in [0.15, 0.2) is 28.8 Å². The van der Waals surface area contributed by atoms with Crippen molar-refractivity contribution in [2.45, 2.75) is 6.92 Å². The minimum Gasteiger partial charge on any atom is -0.379 e. The average molecular weight is 262 g/mol. The van der Waals surface area contributed by atoms with E-state index in [1.54, 1.807) is 0 Å². The molecule has 0 unspecified atom stereocenters. The first-order valence-electron chi connectivity index (χ1n) is 4.03. The van der Waals surface area contributed by atoms with Crippen molar-refractivity contribution in [1.82, 2.24) is 0 Å². The van der Waals surface area contributed by atoms with Crippen molar-refractivity contribution in [3.8, 4) is 0 Å². The van der Waals surface area contributed by atoms with Gasteiger partial charge in [-0.15, -0.1) is 0 Å². The molecule has 0 amide bonds. The molecule has 76 valence electrons. The molecule has 14 heavy (non-hydrogen) atoms. The Hall–Kier alpha value is -0.900. The van der Waals surface area contributed by atoms with E-state index in [0.717, 1.165) is 11.6 Å². The Kier molecular flexibility index (Phi) is 3.63. The van der Waals surface area contributed by atoms with Crippen LogP contribution in [0.4, 0.5) is 14.5 Å². The minimum atomic E-state index is -0.608. The lowest BCUT2D eigenvalue weighted by molar-refractivity contribution is 0.581. The Morgan fingerprint density at radius 3 is 2.64 bits per heavy atom. The maximum atomic E-state index is 13.1. The molecule has 1 aromatic rings. The highest BCUT2D eigenvalue weighted by Crippen LogP contribution is 2.23. The van der Waals surface area contributed by atoms with Crippen LogP contribution in [0.5, 0.6) is 0 Å². The first-order valence-corrected chi connectivity index (χ1v) is 4.83. The third-order valence-electron chi connectivity index (χ3n) is 1.59. The third-order valence-corrected chi connectivity index (χ3v) is 2.20. The molecule has 1 aromatic carbocycles. The van der Waals surface area contributed by atoms with Crippen LogP contribution in [0.3, 0.4) is 0 Å². The molecule has 1 N–H and O–H groups in total. The lowest BCUT2D eigenvalue weighted by atomic mass is 10.2. The highest BCUT2D eigenvalue weighted by Gasteiger charge is 2.07. The molecule has 0 aliphatic heterocycles. The summed E-state index contributed by atoms with van der Waals surface area (Å²) in [6, 6.07) is 2.21. The van der Waals surface area contributed by atoms with Gasteiger partial charge in [0.05, 0.1) is 10.2 Å². The molecule has 0 fully saturated rings. The average Bonchev–Trinajstić information content (AvgIpc) is 2.09. The zero-order chi connectivity index (χ0) is 10.7. The van der Waals surface area contributed by atoms with Crippen LogP contribution in [0, 0.1) is 11.6 Å². The summed E-state index contributed by atoms with van der Waals surface area (Å²) in [4.78, 5) is 0. The van der Waals surface area contributed by atoms with Gasteiger partial charge in [-0.25, -0.2) is 8.78 Å². The van der Waals surface area contributed by atoms with Crippen LogP contribution in [0.25, 0.3) is 0 Å². The molecular weight excluding hydrogens is 252 g/mol. The molecule has 0 aliphatic carbocycles. The number of nitrogens with one attached hydrogen (secondary N) is 1. The number of benzene rings is 1. The maximum Gasteiger partial charge on any atom is 0.149 e. The molecule has 0 saturated carbocycles. The maximum absolute atomic E-state index is 13.1. The van der Waals surface area contributed by atoms with E-state index < -0.39 is 11.6 Å². The van der Waals surface area contributed by atoms with E-state index in [1.165, 1.54) is 6.07 Å². The molecule has 0 heterocycles. The Bertz CT molecular complexity index is 363. The van der Waals surface area contributed by atoms with E-state index in [1.807, 2.05) is 6.92 Å². The molecule has 0 spiro atoms. The van der Waals surface area contributed by atoms with Crippen LogP contribution >= 0.6 is 15.9 Å². The van der Waals surface area contributed by atoms with Gasteiger partial charge < -0.3 is 5.32 Å². The quantitative estimate of drug-likeness (QED) is 0.646. The van der Waals surface area contributed by atoms with Crippen LogP contribution < -0.4 is 5.32 Å². The van der Waals surface area contributed by atoms with Crippen molar-refractivity contribution < 1.29 is 8.78 Å². The van der Waals surface area contributed by atoms with E-state index in [9.17, 15) is 8.78 Å². The van der Waals surface area contributed by atoms with E-state index in [2.05, 4.69) is 27.8 Å². The van der Waals surface area contributed by atoms with Crippen LogP contribution in [-0.2, 0) is 0 Å². The highest BCUT2D eigenvalue weighted by atomic mass is 79.9. The summed E-state index contributed by atoms with van der Waals surface area (Å²) in [5.74, 6) is -1.21. The fraction of sp³-hybridized carbons (Fsp3) is 0.200. The molecule has 0 aromatic heterocycles. The molecule has 0 radical (unpaired) electrons. The van der Waals surface area contributed by atoms with Crippen molar-refractivity contribution in [3.05, 3.63) is 40.4 Å². The summed E-state index contributed by atoms with van der Waals surface area (Å²) >= 11 is 2.98. The molecule has 1 nitrogen and oxygen atoms in total. The van der Waals surface area contributed by atoms with Gasteiger partial charge in [-0.05, 0) is 28.9 Å². The third kappa shape index (κ3) is 2.80. The number of anilines is 1. The van der Waals surface area contributed by atoms with E-state index in [0.29, 0.717) is 6.54 Å². The van der Waals surface area contributed by atoms with Gasteiger partial charge in [0.2, 0.25) is 0 Å². The van der Waals surface area contributed by atoms with Crippen LogP contribution in [-0.4, -0.2) is 6.54 Å². The number of halogens is 3. The Morgan fingerprint density at radius 1 is 1.43 bits per heavy atom. The standard InChI is InChI=1S/C10H10BrF2N/c1-6(2)5-14-10-3-7(11)8(12)4-9(10)13/h3-4,14H,1,5H2,2H3. The van der Waals surface area contributed by atoms with Gasteiger partial charge >= 0.3 is 0 Å². The van der Waals surface area contributed by atoms with Gasteiger partial charge in [0, 0.05) is 12.6 Å². The van der Waals surface area contributed by atoms with Gasteiger partial charge in [-0.1, -0.05) is 12.2 Å². The Balaban J connectivity index is 2.87. The van der Waals surface area contributed by atoms with Crippen molar-refractivity contribution in [3.63, 3.8) is 0 Å². The minimum absolute atomic E-state index is 0.239. The van der Waals surface area contributed by atoms with Gasteiger partial charge in [0.25, 0.3) is 0 Å². The van der Waals surface area contributed by atoms with Gasteiger partial charge in [0.15, 0.2) is 0 Å². The van der Waals surface area contributed by atoms with Gasteiger partial charge in [-0.3, -0.25) is 0 Å². The predicted molar refractivity (Wildman–Crippen MR) is 57.4 cm³/mol. The topological polar surface area (TPSA) is 12.0 Å². The zero-order valence-electron chi connectivity index (χ0n) is 7.70. The van der Waals surface area contributed by atoms with E-state index >= 15 is 0 Å². The molecule has 4 heteroatoms. The molecule has 1 rings (SSSR count). The fourth-order valence-electron chi connectivity index (χ4n) is 0.904. The Morgan fingerprint density at radius 2 is 2.07 bits per heavy atom. The summed E-state index contributed by atoms with van der Waals surface area (Å²) in [6.45, 7) is 5.96. The van der Waals surface area contributed by atoms with Crippen molar-refractivity contribution in [2.24, 2.45) is 0 Å². The van der Waals surface area contributed by atoms with Crippen molar-refractivity contribution in [2.75, 3.05) is 11.9 Å². The molecule has 0 saturated heterocycles. The lowest BCUT2D eigenvalue weighted by Gasteiger charge is -2.07. The molecule has 0 atom stereocenters. The van der Waals surface area contributed by atoms with Gasteiger partial charge in [-0.2, -0.15) is 0 Å². The first kappa shape index (κ1) is 11.2. The monoisotopic (exact) mass is 261 g/mol. The van der Waals surface area contributed by atoms with Crippen LogP contribution in [0.2, 0.25) is 0 Å². The van der Waals surface area contributed by atoms with Crippen molar-refractivity contribution in [1.29, 1.82) is 0 Å². The van der Waals surface area contributed by atoms with E-state index in [4.69, 9.17) is 0 Å². The zero-order valence-corrected chi connectivity index (χ0v) is 9.29. The van der Waals surface area contributed by atoms with Gasteiger partial charge in [0.1, 0.15) is 11.6 Å². The Labute approximate surface area is 90.0 Å². The highest BCUT2D eigenvalue weighted by molar-refractivity contribution is 9.10. The second-order valence-corrected chi connectivity index (χ2v) is 3.91. The summed E-state index contributed by atoms with van der Waals surface area (Å²) in [7, 11) is 0. The largest absolute Gasteiger partial charge is 0.379 e. The van der Waals surface area contributed by atoms with Crippen molar-refractivity contribution >= 4 is 21.6 Å². The fourth-order valence-corrected chi connectivity index (χ4v) is 1.25. The number of rotatable bonds is 3. The smallest absolute Gasteiger partial charge is 0.149 e. The summed E-state index contributed by atoms with van der Waals surface area (Å²) in [5.41, 5.74) is 1.14. The summed E-state index contributed by atoms with van der Waals surface area (Å²) in [6.07, 6.45) is 0. The number of hydrogen-bond acceptors (Lipinski definition) is 1. The lowest BCUT2D eigenvalue weighted by Crippen LogP contribution is -2.04. The summed E-state index contributed by atoms with van der Waals surface area (Å²) in [5, 5.41) is 2.81. The SMILES string of the molecule is C=C(C)CNc1cc(Br)c(F)cc1F. The predicted octanol–water partition coefficient (Wildman–Crippen LogP) is 3.72. The summed E-state index contributed by atoms with van der Waals surface area (Å²) < 4.78 is 26.2. The normalized spacial score (nSPS) is 10.0. The second-order valence-electron chi connectivity index (χ2n) is 3.06. The van der Waals surface area contributed by atoms with E-state index in [-0.39, 0.29) is 10.2 Å². The molecular formula is C10H10BrF2N. The molecule has 0 aliphatic rings.